The Morgan fingerprint density at radius 1 is 1.40 bits per heavy atom. The van der Waals surface area contributed by atoms with Crippen molar-refractivity contribution in [2.24, 2.45) is 0 Å². The molecule has 0 spiro atoms. The van der Waals surface area contributed by atoms with E-state index in [2.05, 4.69) is 6.58 Å². The highest BCUT2D eigenvalue weighted by Crippen LogP contribution is 2.09. The standard InChI is InChI=1S/C12H17NO2/c1-5-7-8-11(10(6-2)9-14)12(15)13(3)4/h6-9H,2,5H2,1,3-4H3/b8-7-,11-10-. The van der Waals surface area contributed by atoms with E-state index in [9.17, 15) is 9.59 Å². The molecular formula is C12H17NO2. The van der Waals surface area contributed by atoms with Crippen molar-refractivity contribution >= 4 is 12.2 Å². The topological polar surface area (TPSA) is 37.4 Å². The Morgan fingerprint density at radius 2 is 2.00 bits per heavy atom. The zero-order chi connectivity index (χ0) is 11.8. The van der Waals surface area contributed by atoms with Crippen molar-refractivity contribution in [1.29, 1.82) is 0 Å². The largest absolute Gasteiger partial charge is 0.345 e. The third-order valence-electron chi connectivity index (χ3n) is 1.81. The van der Waals surface area contributed by atoms with Gasteiger partial charge < -0.3 is 4.90 Å². The summed E-state index contributed by atoms with van der Waals surface area (Å²) in [5, 5.41) is 0. The maximum atomic E-state index is 11.7. The lowest BCUT2D eigenvalue weighted by atomic mass is 10.1. The second-order valence-corrected chi connectivity index (χ2v) is 3.20. The molecule has 0 aliphatic heterocycles. The summed E-state index contributed by atoms with van der Waals surface area (Å²) in [5.74, 6) is -0.193. The lowest BCUT2D eigenvalue weighted by molar-refractivity contribution is -0.124. The molecule has 0 radical (unpaired) electrons. The van der Waals surface area contributed by atoms with E-state index in [0.717, 1.165) is 6.42 Å². The Balaban J connectivity index is 5.30. The van der Waals surface area contributed by atoms with Crippen molar-refractivity contribution in [2.75, 3.05) is 14.1 Å². The summed E-state index contributed by atoms with van der Waals surface area (Å²) in [6.07, 6.45) is 6.35. The molecule has 0 saturated carbocycles. The molecule has 0 aromatic carbocycles. The van der Waals surface area contributed by atoms with Crippen LogP contribution < -0.4 is 0 Å². The van der Waals surface area contributed by atoms with Crippen LogP contribution in [-0.4, -0.2) is 31.2 Å². The fourth-order valence-electron chi connectivity index (χ4n) is 0.989. The first kappa shape index (κ1) is 13.4. The van der Waals surface area contributed by atoms with Crippen LogP contribution in [0.5, 0.6) is 0 Å². The smallest absolute Gasteiger partial charge is 0.254 e. The molecule has 0 aliphatic carbocycles. The number of rotatable bonds is 5. The van der Waals surface area contributed by atoms with Gasteiger partial charge in [0.15, 0.2) is 6.29 Å². The lowest BCUT2D eigenvalue weighted by Crippen LogP contribution is -2.23. The number of hydrogen-bond donors (Lipinski definition) is 0. The Hall–Kier alpha value is -1.64. The van der Waals surface area contributed by atoms with E-state index in [4.69, 9.17) is 0 Å². The Bertz CT molecular complexity index is 302. The number of carbonyl (C=O) groups excluding carboxylic acids is 2. The Kier molecular flexibility index (Phi) is 6.02. The summed E-state index contributed by atoms with van der Waals surface area (Å²) < 4.78 is 0. The van der Waals surface area contributed by atoms with Gasteiger partial charge in [-0.05, 0) is 6.42 Å². The minimum absolute atomic E-state index is 0.193. The fraction of sp³-hybridized carbons (Fsp3) is 0.333. The van der Waals surface area contributed by atoms with Crippen LogP contribution in [0.2, 0.25) is 0 Å². The molecule has 0 fully saturated rings. The first-order chi connectivity index (χ1) is 7.08. The van der Waals surface area contributed by atoms with Crippen LogP contribution in [0.4, 0.5) is 0 Å². The molecule has 0 aromatic rings. The van der Waals surface area contributed by atoms with Gasteiger partial charge in [-0.2, -0.15) is 0 Å². The predicted octanol–water partition coefficient (Wildman–Crippen LogP) is 1.72. The van der Waals surface area contributed by atoms with Crippen LogP contribution in [0.15, 0.2) is 36.0 Å². The summed E-state index contributed by atoms with van der Waals surface area (Å²) in [5.41, 5.74) is 0.699. The highest BCUT2D eigenvalue weighted by molar-refractivity contribution is 6.02. The molecular weight excluding hydrogens is 190 g/mol. The summed E-state index contributed by atoms with van der Waals surface area (Å²) >= 11 is 0. The van der Waals surface area contributed by atoms with Gasteiger partial charge in [0.05, 0.1) is 0 Å². The van der Waals surface area contributed by atoms with Gasteiger partial charge in [0.25, 0.3) is 5.91 Å². The number of allylic oxidation sites excluding steroid dienone is 3. The number of nitrogens with zero attached hydrogens (tertiary/aromatic N) is 1. The van der Waals surface area contributed by atoms with Gasteiger partial charge in [-0.15, -0.1) is 0 Å². The third-order valence-corrected chi connectivity index (χ3v) is 1.81. The van der Waals surface area contributed by atoms with Crippen molar-refractivity contribution in [1.82, 2.24) is 4.90 Å². The van der Waals surface area contributed by atoms with Gasteiger partial charge in [0, 0.05) is 25.2 Å². The second kappa shape index (κ2) is 6.76. The molecule has 82 valence electrons. The van der Waals surface area contributed by atoms with E-state index in [1.807, 2.05) is 13.0 Å². The Labute approximate surface area is 90.8 Å². The van der Waals surface area contributed by atoms with Crippen molar-refractivity contribution in [3.8, 4) is 0 Å². The normalized spacial score (nSPS) is 12.2. The number of amides is 1. The van der Waals surface area contributed by atoms with E-state index >= 15 is 0 Å². The van der Waals surface area contributed by atoms with Crippen molar-refractivity contribution in [2.45, 2.75) is 13.3 Å². The van der Waals surface area contributed by atoms with Gasteiger partial charge >= 0.3 is 0 Å². The summed E-state index contributed by atoms with van der Waals surface area (Å²) in [7, 11) is 3.29. The SMILES string of the molecule is C=C/C(C=O)=C(\C=C/CC)C(=O)N(C)C. The molecule has 0 N–H and O–H groups in total. The van der Waals surface area contributed by atoms with E-state index in [0.29, 0.717) is 17.4 Å². The minimum Gasteiger partial charge on any atom is -0.345 e. The van der Waals surface area contributed by atoms with Crippen LogP contribution in [0, 0.1) is 0 Å². The highest BCUT2D eigenvalue weighted by Gasteiger charge is 2.12. The molecule has 1 amide bonds. The first-order valence-electron chi connectivity index (χ1n) is 4.78. The molecule has 0 aromatic heterocycles. The molecule has 0 aliphatic rings. The summed E-state index contributed by atoms with van der Waals surface area (Å²) in [6.45, 7) is 5.47. The summed E-state index contributed by atoms with van der Waals surface area (Å²) in [4.78, 5) is 23.9. The number of hydrogen-bond acceptors (Lipinski definition) is 2. The highest BCUT2D eigenvalue weighted by atomic mass is 16.2. The zero-order valence-electron chi connectivity index (χ0n) is 9.49. The maximum Gasteiger partial charge on any atom is 0.254 e. The van der Waals surface area contributed by atoms with Crippen LogP contribution in [0.25, 0.3) is 0 Å². The van der Waals surface area contributed by atoms with Gasteiger partial charge in [0.2, 0.25) is 0 Å². The van der Waals surface area contributed by atoms with Crippen molar-refractivity contribution < 1.29 is 9.59 Å². The van der Waals surface area contributed by atoms with E-state index in [1.165, 1.54) is 11.0 Å². The Morgan fingerprint density at radius 3 is 2.33 bits per heavy atom. The maximum absolute atomic E-state index is 11.7. The third kappa shape index (κ3) is 3.94. The van der Waals surface area contributed by atoms with E-state index < -0.39 is 0 Å². The number of carbonyl (C=O) groups is 2. The average molecular weight is 207 g/mol. The lowest BCUT2D eigenvalue weighted by Gasteiger charge is -2.11. The number of likely N-dealkylation sites (N-methyl/N-ethyl adjacent to an activating group) is 1. The fourth-order valence-corrected chi connectivity index (χ4v) is 0.989. The van der Waals surface area contributed by atoms with Crippen LogP contribution in [0.3, 0.4) is 0 Å². The average Bonchev–Trinajstić information content (AvgIpc) is 2.23. The molecule has 0 saturated heterocycles. The molecule has 15 heavy (non-hydrogen) atoms. The van der Waals surface area contributed by atoms with Gasteiger partial charge in [0.1, 0.15) is 0 Å². The van der Waals surface area contributed by atoms with Gasteiger partial charge in [-0.3, -0.25) is 9.59 Å². The molecule has 0 atom stereocenters. The van der Waals surface area contributed by atoms with E-state index in [1.54, 1.807) is 20.2 Å². The molecule has 0 unspecified atom stereocenters. The van der Waals surface area contributed by atoms with Crippen LogP contribution >= 0.6 is 0 Å². The molecule has 3 nitrogen and oxygen atoms in total. The van der Waals surface area contributed by atoms with Gasteiger partial charge in [-0.25, -0.2) is 0 Å². The molecule has 0 rings (SSSR count). The van der Waals surface area contributed by atoms with Crippen molar-refractivity contribution in [3.05, 3.63) is 36.0 Å². The van der Waals surface area contributed by atoms with Crippen LogP contribution in [0.1, 0.15) is 13.3 Å². The molecule has 0 bridgehead atoms. The molecule has 3 heteroatoms. The minimum atomic E-state index is -0.193. The zero-order valence-corrected chi connectivity index (χ0v) is 9.49. The first-order valence-corrected chi connectivity index (χ1v) is 4.78. The quantitative estimate of drug-likeness (QED) is 0.391. The van der Waals surface area contributed by atoms with E-state index in [-0.39, 0.29) is 5.91 Å². The summed E-state index contributed by atoms with van der Waals surface area (Å²) in [6, 6.07) is 0. The van der Waals surface area contributed by atoms with Crippen molar-refractivity contribution in [3.63, 3.8) is 0 Å². The van der Waals surface area contributed by atoms with Gasteiger partial charge in [-0.1, -0.05) is 31.7 Å². The van der Waals surface area contributed by atoms with Crippen LogP contribution in [-0.2, 0) is 9.59 Å². The number of aldehydes is 1. The predicted molar refractivity (Wildman–Crippen MR) is 61.4 cm³/mol. The molecule has 0 heterocycles. The second-order valence-electron chi connectivity index (χ2n) is 3.20. The monoisotopic (exact) mass is 207 g/mol.